The van der Waals surface area contributed by atoms with Crippen LogP contribution in [-0.4, -0.2) is 41.3 Å². The third-order valence-corrected chi connectivity index (χ3v) is 6.18. The second kappa shape index (κ2) is 11.7. The topological polar surface area (TPSA) is 65.4 Å². The van der Waals surface area contributed by atoms with E-state index < -0.39 is 12.2 Å². The van der Waals surface area contributed by atoms with Crippen molar-refractivity contribution in [3.05, 3.63) is 46.5 Å². The van der Waals surface area contributed by atoms with E-state index in [1.807, 2.05) is 13.8 Å². The van der Waals surface area contributed by atoms with E-state index in [2.05, 4.69) is 26.9 Å². The molecule has 1 N–H and O–H groups in total. The Morgan fingerprint density at radius 1 is 1.26 bits per heavy atom. The number of benzene rings is 1. The van der Waals surface area contributed by atoms with Gasteiger partial charge in [0.1, 0.15) is 22.7 Å². The van der Waals surface area contributed by atoms with E-state index in [0.29, 0.717) is 12.5 Å². The number of hydrogen-bond donors (Lipinski definition) is 1. The maximum atomic E-state index is 13.3. The van der Waals surface area contributed by atoms with E-state index >= 15 is 0 Å². The van der Waals surface area contributed by atoms with Crippen LogP contribution in [0, 0.1) is 17.8 Å². The summed E-state index contributed by atoms with van der Waals surface area (Å²) in [6, 6.07) is 6.15. The van der Waals surface area contributed by atoms with Crippen molar-refractivity contribution in [2.75, 3.05) is 13.7 Å². The molecule has 0 spiro atoms. The van der Waals surface area contributed by atoms with Crippen molar-refractivity contribution in [2.24, 2.45) is 5.92 Å². The first-order valence-electron chi connectivity index (χ1n) is 11.3. The van der Waals surface area contributed by atoms with Crippen LogP contribution in [0.15, 0.2) is 24.3 Å². The van der Waals surface area contributed by atoms with Crippen LogP contribution in [0.25, 0.3) is 0 Å². The predicted molar refractivity (Wildman–Crippen MR) is 126 cm³/mol. The van der Waals surface area contributed by atoms with Gasteiger partial charge in [0.15, 0.2) is 0 Å². The number of nitrogens with one attached hydrogen (secondary N) is 1. The summed E-state index contributed by atoms with van der Waals surface area (Å²) >= 11 is 6.43. The highest BCUT2D eigenvalue weighted by Gasteiger charge is 2.24. The third-order valence-electron chi connectivity index (χ3n) is 5.89. The Bertz CT molecular complexity index is 1040. The quantitative estimate of drug-likeness (QED) is 0.508. The average molecular weight is 494 g/mol. The maximum absolute atomic E-state index is 13.3. The number of carbonyl (C=O) groups excluding carboxylic acids is 1. The van der Waals surface area contributed by atoms with Gasteiger partial charge in [0, 0.05) is 13.7 Å². The van der Waals surface area contributed by atoms with Gasteiger partial charge < -0.3 is 19.4 Å². The summed E-state index contributed by atoms with van der Waals surface area (Å²) < 4.78 is 36.2. The van der Waals surface area contributed by atoms with Gasteiger partial charge in [0.05, 0.1) is 6.54 Å². The Morgan fingerprint density at radius 3 is 2.56 bits per heavy atom. The Balaban J connectivity index is 1.88. The van der Waals surface area contributed by atoms with Gasteiger partial charge in [-0.3, -0.25) is 4.79 Å². The summed E-state index contributed by atoms with van der Waals surface area (Å²) in [7, 11) is 1.56. The van der Waals surface area contributed by atoms with Crippen LogP contribution in [0.3, 0.4) is 0 Å². The third kappa shape index (κ3) is 7.18. The molecule has 1 aromatic heterocycles. The Morgan fingerprint density at radius 2 is 1.94 bits per heavy atom. The zero-order chi connectivity index (χ0) is 24.7. The van der Waals surface area contributed by atoms with Gasteiger partial charge in [-0.05, 0) is 67.8 Å². The number of hydrogen-bond acceptors (Lipinski definition) is 4. The number of ether oxygens (including phenoxy) is 2. The molecule has 0 radical (unpaired) electrons. The largest absolute Gasteiger partial charge is 0.435 e. The summed E-state index contributed by atoms with van der Waals surface area (Å²) in [5.41, 5.74) is 0.521. The van der Waals surface area contributed by atoms with E-state index in [-0.39, 0.29) is 34.9 Å². The molecule has 1 fully saturated rings. The van der Waals surface area contributed by atoms with E-state index in [0.717, 1.165) is 18.4 Å². The van der Waals surface area contributed by atoms with E-state index in [1.54, 1.807) is 23.8 Å². The van der Waals surface area contributed by atoms with Crippen molar-refractivity contribution in [3.8, 4) is 17.6 Å². The first-order valence-corrected chi connectivity index (χ1v) is 11.7. The lowest BCUT2D eigenvalue weighted by Gasteiger charge is -2.22. The number of aromatic nitrogens is 2. The minimum absolute atomic E-state index is 0.0503. The molecule has 0 saturated heterocycles. The summed E-state index contributed by atoms with van der Waals surface area (Å²) in [6.45, 7) is 1.51. The van der Waals surface area contributed by atoms with E-state index in [9.17, 15) is 13.6 Å². The van der Waals surface area contributed by atoms with Crippen molar-refractivity contribution in [2.45, 2.75) is 64.7 Å². The van der Waals surface area contributed by atoms with Gasteiger partial charge in [-0.15, -0.1) is 0 Å². The lowest BCUT2D eigenvalue weighted by Crippen LogP contribution is -2.32. The number of carbonyl (C=O) groups is 1. The molecule has 9 heteroatoms. The molecule has 1 amide bonds. The number of nitrogens with zero attached hydrogens (tertiary/aromatic N) is 2. The summed E-state index contributed by atoms with van der Waals surface area (Å²) in [5, 5.41) is 3.14. The number of methoxy groups -OCH3 is 1. The highest BCUT2D eigenvalue weighted by atomic mass is 35.5. The van der Waals surface area contributed by atoms with Crippen LogP contribution in [-0.2, 0) is 11.3 Å². The zero-order valence-electron chi connectivity index (χ0n) is 19.7. The minimum Gasteiger partial charge on any atom is -0.435 e. The molecule has 1 aromatic carbocycles. The van der Waals surface area contributed by atoms with Crippen LogP contribution in [0.5, 0.6) is 5.75 Å². The van der Waals surface area contributed by atoms with Gasteiger partial charge in [-0.2, -0.15) is 8.78 Å². The van der Waals surface area contributed by atoms with Crippen molar-refractivity contribution in [3.63, 3.8) is 0 Å². The first kappa shape index (κ1) is 26.0. The van der Waals surface area contributed by atoms with Crippen LogP contribution in [0.2, 0.25) is 5.28 Å². The van der Waals surface area contributed by atoms with Crippen molar-refractivity contribution >= 4 is 17.5 Å². The number of imidazole rings is 1. The first-order chi connectivity index (χ1) is 16.2. The monoisotopic (exact) mass is 493 g/mol. The van der Waals surface area contributed by atoms with Crippen molar-refractivity contribution in [1.82, 2.24) is 14.9 Å². The molecule has 184 valence electrons. The Hall–Kier alpha value is -2.63. The lowest BCUT2D eigenvalue weighted by atomic mass is 9.89. The Kier molecular flexibility index (Phi) is 8.92. The summed E-state index contributed by atoms with van der Waals surface area (Å²) in [4.78, 5) is 17.6. The highest BCUT2D eigenvalue weighted by Crippen LogP contribution is 2.24. The fourth-order valence-corrected chi connectivity index (χ4v) is 4.05. The summed E-state index contributed by atoms with van der Waals surface area (Å²) in [6.07, 6.45) is 5.80. The highest BCUT2D eigenvalue weighted by molar-refractivity contribution is 6.29. The SMILES string of the molecule is COC(C)(C)C#Cc1nc(Cl)n(Cc2ccc(OC(F)F)cc2)c1C(=O)NCC1CCCCC1. The molecule has 0 bridgehead atoms. The maximum Gasteiger partial charge on any atom is 0.387 e. The molecule has 0 atom stereocenters. The van der Waals surface area contributed by atoms with Gasteiger partial charge >= 0.3 is 6.61 Å². The number of alkyl halides is 2. The molecule has 1 saturated carbocycles. The molecule has 1 aliphatic carbocycles. The fraction of sp³-hybridized carbons (Fsp3) is 0.520. The molecular formula is C25H30ClF2N3O3. The van der Waals surface area contributed by atoms with Crippen LogP contribution >= 0.6 is 11.6 Å². The minimum atomic E-state index is -2.90. The number of halogens is 3. The molecule has 0 aliphatic heterocycles. The summed E-state index contributed by atoms with van der Waals surface area (Å²) in [5.74, 6) is 6.13. The van der Waals surface area contributed by atoms with Crippen molar-refractivity contribution < 1.29 is 23.0 Å². The molecule has 34 heavy (non-hydrogen) atoms. The predicted octanol–water partition coefficient (Wildman–Crippen LogP) is 5.27. The normalized spacial score (nSPS) is 14.6. The molecule has 1 aliphatic rings. The number of amides is 1. The van der Waals surface area contributed by atoms with Crippen LogP contribution in [0.1, 0.15) is 67.7 Å². The molecule has 1 heterocycles. The molecule has 2 aromatic rings. The smallest absolute Gasteiger partial charge is 0.387 e. The second-order valence-corrected chi connectivity index (χ2v) is 9.20. The van der Waals surface area contributed by atoms with E-state index in [4.69, 9.17) is 16.3 Å². The van der Waals surface area contributed by atoms with Gasteiger partial charge in [-0.25, -0.2) is 4.98 Å². The molecule has 0 unspecified atom stereocenters. The van der Waals surface area contributed by atoms with Gasteiger partial charge in [-0.1, -0.05) is 37.3 Å². The Labute approximate surface area is 204 Å². The van der Waals surface area contributed by atoms with Gasteiger partial charge in [0.25, 0.3) is 5.91 Å². The van der Waals surface area contributed by atoms with Crippen molar-refractivity contribution in [1.29, 1.82) is 0 Å². The standard InChI is InChI=1S/C25H30ClF2N3O3/c1-25(2,33-3)14-13-20-21(22(32)29-15-17-7-5-4-6-8-17)31(23(26)30-20)16-18-9-11-19(12-10-18)34-24(27)28/h9-12,17,24H,4-8,15-16H2,1-3H3,(H,29,32). The zero-order valence-corrected chi connectivity index (χ0v) is 20.4. The molecular weight excluding hydrogens is 464 g/mol. The molecule has 6 nitrogen and oxygen atoms in total. The van der Waals surface area contributed by atoms with E-state index in [1.165, 1.54) is 31.4 Å². The second-order valence-electron chi connectivity index (χ2n) is 8.87. The fourth-order valence-electron chi connectivity index (χ4n) is 3.82. The lowest BCUT2D eigenvalue weighted by molar-refractivity contribution is -0.0498. The number of rotatable bonds is 8. The van der Waals surface area contributed by atoms with Crippen LogP contribution in [0.4, 0.5) is 8.78 Å². The molecule has 3 rings (SSSR count). The average Bonchev–Trinajstić information content (AvgIpc) is 3.13. The van der Waals surface area contributed by atoms with Crippen LogP contribution < -0.4 is 10.1 Å². The van der Waals surface area contributed by atoms with Gasteiger partial charge in [0.2, 0.25) is 5.28 Å².